The number of halogens is 1. The third-order valence-electron chi connectivity index (χ3n) is 4.40. The molecule has 3 rings (SSSR count). The zero-order chi connectivity index (χ0) is 22.4. The molecule has 0 aliphatic carbocycles. The van der Waals surface area contributed by atoms with E-state index in [1.54, 1.807) is 32.0 Å². The van der Waals surface area contributed by atoms with Crippen molar-refractivity contribution in [1.29, 1.82) is 0 Å². The van der Waals surface area contributed by atoms with Gasteiger partial charge in [0.1, 0.15) is 17.5 Å². The summed E-state index contributed by atoms with van der Waals surface area (Å²) in [4.78, 5) is 23.2. The van der Waals surface area contributed by atoms with Crippen LogP contribution >= 0.6 is 23.4 Å². The lowest BCUT2D eigenvalue weighted by atomic mass is 10.1. The first-order valence-corrected chi connectivity index (χ1v) is 11.0. The van der Waals surface area contributed by atoms with E-state index in [4.69, 9.17) is 26.0 Å². The third-order valence-corrected chi connectivity index (χ3v) is 5.73. The Bertz CT molecular complexity index is 1090. The van der Waals surface area contributed by atoms with Crippen LogP contribution in [0.1, 0.15) is 29.8 Å². The number of nitrogens with one attached hydrogen (secondary N) is 1. The molecule has 1 heterocycles. The number of benzene rings is 2. The molecular formula is C22H21ClN2O5S. The maximum absolute atomic E-state index is 12.5. The molecular weight excluding hydrogens is 440 g/mol. The lowest BCUT2D eigenvalue weighted by molar-refractivity contribution is -0.133. The Labute approximate surface area is 188 Å². The Morgan fingerprint density at radius 3 is 2.77 bits per heavy atom. The molecule has 0 fully saturated rings. The molecule has 0 bridgehead atoms. The molecule has 7 nitrogen and oxygen atoms in total. The minimum Gasteiger partial charge on any atom is -0.481 e. The number of anilines is 1. The highest BCUT2D eigenvalue weighted by Crippen LogP contribution is 2.33. The zero-order valence-electron chi connectivity index (χ0n) is 16.9. The van der Waals surface area contributed by atoms with Crippen LogP contribution in [-0.2, 0) is 15.3 Å². The van der Waals surface area contributed by atoms with Gasteiger partial charge in [-0.25, -0.2) is 4.79 Å². The van der Waals surface area contributed by atoms with Gasteiger partial charge in [-0.15, -0.1) is 11.8 Å². The summed E-state index contributed by atoms with van der Waals surface area (Å²) >= 11 is 7.47. The van der Waals surface area contributed by atoms with Crippen LogP contribution < -0.4 is 5.32 Å². The number of aliphatic carboxylic acids is 1. The van der Waals surface area contributed by atoms with E-state index in [-0.39, 0.29) is 5.75 Å². The maximum Gasteiger partial charge on any atom is 0.412 e. The summed E-state index contributed by atoms with van der Waals surface area (Å²) in [6.45, 7) is 3.45. The summed E-state index contributed by atoms with van der Waals surface area (Å²) in [6.07, 6.45) is -1.21. The van der Waals surface area contributed by atoms with Crippen molar-refractivity contribution in [3.63, 3.8) is 0 Å². The summed E-state index contributed by atoms with van der Waals surface area (Å²) in [5.74, 6) is 0.0920. The number of ether oxygens (including phenoxy) is 1. The number of hydrogen-bond acceptors (Lipinski definition) is 6. The molecule has 0 aliphatic rings. The van der Waals surface area contributed by atoms with Gasteiger partial charge in [0.15, 0.2) is 5.76 Å². The Balaban J connectivity index is 1.73. The van der Waals surface area contributed by atoms with Crippen molar-refractivity contribution in [3.8, 4) is 11.3 Å². The molecule has 0 saturated heterocycles. The number of thioether (sulfide) groups is 1. The molecule has 0 saturated carbocycles. The highest BCUT2D eigenvalue weighted by Gasteiger charge is 2.20. The van der Waals surface area contributed by atoms with Crippen molar-refractivity contribution in [2.45, 2.75) is 25.7 Å². The molecule has 0 radical (unpaired) electrons. The summed E-state index contributed by atoms with van der Waals surface area (Å²) in [7, 11) is 0. The van der Waals surface area contributed by atoms with Crippen LogP contribution in [0, 0.1) is 6.92 Å². The quantitative estimate of drug-likeness (QED) is 0.429. The fraction of sp³-hybridized carbons (Fsp3) is 0.227. The second-order valence-corrected chi connectivity index (χ2v) is 8.15. The number of carboxylic acid groups (broad SMARTS) is 1. The normalized spacial score (nSPS) is 11.7. The standard InChI is InChI=1S/C22H21ClN2O5S/c1-13-20(24-22(28)29-14(2)17-8-3-4-9-18(17)23)21(30-25-13)16-7-5-6-15(10-16)11-31-12-19(26)27/h3-10,14H,11-12H2,1-2H3,(H,24,28)(H,26,27). The van der Waals surface area contributed by atoms with Crippen LogP contribution in [0.4, 0.5) is 10.5 Å². The second kappa shape index (κ2) is 10.4. The number of carbonyl (C=O) groups excluding carboxylic acids is 1. The fourth-order valence-electron chi connectivity index (χ4n) is 2.93. The largest absolute Gasteiger partial charge is 0.481 e. The third kappa shape index (κ3) is 6.02. The van der Waals surface area contributed by atoms with E-state index in [2.05, 4.69) is 10.5 Å². The lowest BCUT2D eigenvalue weighted by Crippen LogP contribution is -2.17. The van der Waals surface area contributed by atoms with E-state index in [1.807, 2.05) is 30.3 Å². The Morgan fingerprint density at radius 2 is 2.03 bits per heavy atom. The van der Waals surface area contributed by atoms with Crippen molar-refractivity contribution in [1.82, 2.24) is 5.16 Å². The highest BCUT2D eigenvalue weighted by atomic mass is 35.5. The first kappa shape index (κ1) is 22.7. The average Bonchev–Trinajstić information content (AvgIpc) is 3.08. The van der Waals surface area contributed by atoms with Gasteiger partial charge in [-0.05, 0) is 31.5 Å². The van der Waals surface area contributed by atoms with E-state index in [0.29, 0.717) is 39.0 Å². The summed E-state index contributed by atoms with van der Waals surface area (Å²) in [6, 6.07) is 14.6. The van der Waals surface area contributed by atoms with Crippen LogP contribution in [0.5, 0.6) is 0 Å². The molecule has 2 N–H and O–H groups in total. The molecule has 0 spiro atoms. The van der Waals surface area contributed by atoms with Gasteiger partial charge in [-0.3, -0.25) is 10.1 Å². The minimum absolute atomic E-state index is 0.0217. The molecule has 31 heavy (non-hydrogen) atoms. The Morgan fingerprint density at radius 1 is 1.26 bits per heavy atom. The van der Waals surface area contributed by atoms with Crippen molar-refractivity contribution < 1.29 is 24.0 Å². The molecule has 0 aliphatic heterocycles. The van der Waals surface area contributed by atoms with Gasteiger partial charge < -0.3 is 14.4 Å². The van der Waals surface area contributed by atoms with E-state index >= 15 is 0 Å². The summed E-state index contributed by atoms with van der Waals surface area (Å²) < 4.78 is 10.9. The minimum atomic E-state index is -0.858. The topological polar surface area (TPSA) is 102 Å². The van der Waals surface area contributed by atoms with Gasteiger partial charge in [0.05, 0.1) is 5.75 Å². The molecule has 162 valence electrons. The SMILES string of the molecule is Cc1noc(-c2cccc(CSCC(=O)O)c2)c1NC(=O)OC(C)c1ccccc1Cl. The molecule has 1 atom stereocenters. The van der Waals surface area contributed by atoms with Gasteiger partial charge in [0.25, 0.3) is 0 Å². The van der Waals surface area contributed by atoms with Crippen molar-refractivity contribution >= 4 is 41.1 Å². The van der Waals surface area contributed by atoms with Crippen LogP contribution in [-0.4, -0.2) is 28.1 Å². The molecule has 1 aromatic heterocycles. The lowest BCUT2D eigenvalue weighted by Gasteiger charge is -2.15. The monoisotopic (exact) mass is 460 g/mol. The molecule has 2 aromatic carbocycles. The van der Waals surface area contributed by atoms with Gasteiger partial charge in [-0.1, -0.05) is 53.2 Å². The fourth-order valence-corrected chi connectivity index (χ4v) is 3.91. The maximum atomic E-state index is 12.5. The number of amides is 1. The van der Waals surface area contributed by atoms with Crippen molar-refractivity contribution in [3.05, 3.63) is 70.4 Å². The van der Waals surface area contributed by atoms with Gasteiger partial charge in [0, 0.05) is 21.9 Å². The first-order chi connectivity index (χ1) is 14.8. The molecule has 3 aromatic rings. The first-order valence-electron chi connectivity index (χ1n) is 9.42. The Kier molecular flexibility index (Phi) is 7.59. The van der Waals surface area contributed by atoms with Crippen LogP contribution in [0.15, 0.2) is 53.1 Å². The average molecular weight is 461 g/mol. The highest BCUT2D eigenvalue weighted by molar-refractivity contribution is 7.99. The van der Waals surface area contributed by atoms with Crippen LogP contribution in [0.3, 0.4) is 0 Å². The second-order valence-electron chi connectivity index (χ2n) is 6.75. The molecule has 1 unspecified atom stereocenters. The number of nitrogens with zero attached hydrogens (tertiary/aromatic N) is 1. The van der Waals surface area contributed by atoms with E-state index in [1.165, 1.54) is 11.8 Å². The van der Waals surface area contributed by atoms with Gasteiger partial charge >= 0.3 is 12.1 Å². The summed E-state index contributed by atoms with van der Waals surface area (Å²) in [5, 5.41) is 16.0. The van der Waals surface area contributed by atoms with Gasteiger partial charge in [-0.2, -0.15) is 0 Å². The van der Waals surface area contributed by atoms with Crippen LogP contribution in [0.2, 0.25) is 5.02 Å². The predicted octanol–water partition coefficient (Wildman–Crippen LogP) is 5.93. The zero-order valence-corrected chi connectivity index (χ0v) is 18.5. The van der Waals surface area contributed by atoms with Crippen molar-refractivity contribution in [2.24, 2.45) is 0 Å². The molecule has 9 heteroatoms. The van der Waals surface area contributed by atoms with Crippen LogP contribution in [0.25, 0.3) is 11.3 Å². The predicted molar refractivity (Wildman–Crippen MR) is 120 cm³/mol. The smallest absolute Gasteiger partial charge is 0.412 e. The Hall–Kier alpha value is -2.97. The van der Waals surface area contributed by atoms with E-state index in [9.17, 15) is 9.59 Å². The van der Waals surface area contributed by atoms with E-state index < -0.39 is 18.2 Å². The summed E-state index contributed by atoms with van der Waals surface area (Å²) in [5.41, 5.74) is 3.25. The number of rotatable bonds is 8. The number of hydrogen-bond donors (Lipinski definition) is 2. The molecule has 1 amide bonds. The number of aromatic nitrogens is 1. The van der Waals surface area contributed by atoms with Crippen molar-refractivity contribution in [2.75, 3.05) is 11.1 Å². The number of carboxylic acids is 1. The van der Waals surface area contributed by atoms with E-state index in [0.717, 1.165) is 5.56 Å². The number of carbonyl (C=O) groups is 2. The number of aryl methyl sites for hydroxylation is 1. The van der Waals surface area contributed by atoms with Gasteiger partial charge in [0.2, 0.25) is 0 Å².